The number of rotatable bonds is 3. The van der Waals surface area contributed by atoms with Crippen LogP contribution in [0.1, 0.15) is 44.0 Å². The Morgan fingerprint density at radius 3 is 2.53 bits per heavy atom. The Labute approximate surface area is 122 Å². The van der Waals surface area contributed by atoms with Gasteiger partial charge in [0.05, 0.1) is 22.0 Å². The van der Waals surface area contributed by atoms with Gasteiger partial charge in [-0.25, -0.2) is 0 Å². The average Bonchev–Trinajstić information content (AvgIpc) is 2.78. The van der Waals surface area contributed by atoms with Crippen LogP contribution < -0.4 is 0 Å². The number of hydrogen-bond donors (Lipinski definition) is 1. The van der Waals surface area contributed by atoms with Crippen molar-refractivity contribution in [2.24, 2.45) is 0 Å². The maximum Gasteiger partial charge on any atom is 0.0739 e. The quantitative estimate of drug-likeness (QED) is 0.927. The smallest absolute Gasteiger partial charge is 0.0739 e. The molecule has 3 rings (SSSR count). The molecule has 2 aliphatic rings. The van der Waals surface area contributed by atoms with Gasteiger partial charge in [0.25, 0.3) is 0 Å². The molecule has 2 fully saturated rings. The number of nitrogens with zero attached hydrogens (tertiary/aromatic N) is 3. The van der Waals surface area contributed by atoms with Crippen molar-refractivity contribution in [2.45, 2.75) is 70.8 Å². The zero-order valence-corrected chi connectivity index (χ0v) is 13.2. The van der Waals surface area contributed by atoms with Gasteiger partial charge in [-0.2, -0.15) is 5.10 Å². The highest BCUT2D eigenvalue weighted by Gasteiger charge is 2.40. The first-order valence-corrected chi connectivity index (χ1v) is 8.05. The normalized spacial score (nSPS) is 31.1. The van der Waals surface area contributed by atoms with Gasteiger partial charge in [-0.15, -0.1) is 0 Å². The van der Waals surface area contributed by atoms with Crippen molar-refractivity contribution in [3.05, 3.63) is 15.9 Å². The number of aliphatic hydroxyl groups is 1. The second-order valence-corrected chi connectivity index (χ2v) is 6.64. The van der Waals surface area contributed by atoms with E-state index in [9.17, 15) is 5.11 Å². The lowest BCUT2D eigenvalue weighted by Gasteiger charge is -2.37. The molecule has 0 amide bonds. The van der Waals surface area contributed by atoms with E-state index >= 15 is 0 Å². The largest absolute Gasteiger partial charge is 0.393 e. The minimum atomic E-state index is -0.0880. The topological polar surface area (TPSA) is 41.3 Å². The fourth-order valence-electron chi connectivity index (χ4n) is 3.70. The molecule has 0 radical (unpaired) electrons. The van der Waals surface area contributed by atoms with Crippen LogP contribution in [0, 0.1) is 6.92 Å². The summed E-state index contributed by atoms with van der Waals surface area (Å²) in [7, 11) is 0. The predicted octanol–water partition coefficient (Wildman–Crippen LogP) is 2.46. The molecule has 2 bridgehead atoms. The van der Waals surface area contributed by atoms with Gasteiger partial charge < -0.3 is 5.11 Å². The maximum atomic E-state index is 9.88. The molecule has 0 aromatic carbocycles. The Bertz CT molecular complexity index is 460. The van der Waals surface area contributed by atoms with Crippen molar-refractivity contribution in [1.29, 1.82) is 0 Å². The Hall–Kier alpha value is -0.390. The van der Waals surface area contributed by atoms with Crippen LogP contribution in [0.2, 0.25) is 0 Å². The van der Waals surface area contributed by atoms with E-state index in [0.717, 1.165) is 36.1 Å². The minimum Gasteiger partial charge on any atom is -0.393 e. The zero-order valence-electron chi connectivity index (χ0n) is 11.6. The third-order valence-corrected chi connectivity index (χ3v) is 5.68. The standard InChI is InChI=1S/C14H22BrN3O/c1-3-18-13(14(15)9(2)16-18)8-17-10-4-5-11(17)7-12(19)6-10/h10-12,19H,3-8H2,1-2H3. The molecular formula is C14H22BrN3O. The fraction of sp³-hybridized carbons (Fsp3) is 0.786. The third kappa shape index (κ3) is 2.36. The second-order valence-electron chi connectivity index (χ2n) is 5.84. The van der Waals surface area contributed by atoms with Gasteiger partial charge in [0, 0.05) is 25.2 Å². The summed E-state index contributed by atoms with van der Waals surface area (Å²) in [6.45, 7) is 6.05. The lowest BCUT2D eigenvalue weighted by molar-refractivity contribution is 0.0295. The first-order valence-electron chi connectivity index (χ1n) is 7.25. The van der Waals surface area contributed by atoms with E-state index in [1.807, 2.05) is 6.92 Å². The van der Waals surface area contributed by atoms with Crippen LogP contribution in [0.15, 0.2) is 4.47 Å². The van der Waals surface area contributed by atoms with E-state index in [4.69, 9.17) is 0 Å². The van der Waals surface area contributed by atoms with Gasteiger partial charge in [-0.3, -0.25) is 9.58 Å². The molecule has 2 aliphatic heterocycles. The number of hydrogen-bond acceptors (Lipinski definition) is 3. The van der Waals surface area contributed by atoms with Gasteiger partial charge in [-0.05, 0) is 55.5 Å². The number of halogens is 1. The van der Waals surface area contributed by atoms with Gasteiger partial charge in [0.15, 0.2) is 0 Å². The van der Waals surface area contributed by atoms with Gasteiger partial charge in [0.2, 0.25) is 0 Å². The fourth-order valence-corrected chi connectivity index (χ4v) is 4.11. The first kappa shape index (κ1) is 13.6. The highest BCUT2D eigenvalue weighted by molar-refractivity contribution is 9.10. The number of aryl methyl sites for hydroxylation is 2. The Morgan fingerprint density at radius 1 is 1.32 bits per heavy atom. The van der Waals surface area contributed by atoms with Crippen molar-refractivity contribution < 1.29 is 5.11 Å². The lowest BCUT2D eigenvalue weighted by Crippen LogP contribution is -2.44. The summed E-state index contributed by atoms with van der Waals surface area (Å²) < 4.78 is 3.25. The zero-order chi connectivity index (χ0) is 13.6. The summed E-state index contributed by atoms with van der Waals surface area (Å²) in [5.74, 6) is 0. The molecule has 19 heavy (non-hydrogen) atoms. The van der Waals surface area contributed by atoms with Gasteiger partial charge >= 0.3 is 0 Å². The van der Waals surface area contributed by atoms with Crippen molar-refractivity contribution in [3.63, 3.8) is 0 Å². The lowest BCUT2D eigenvalue weighted by atomic mass is 10.00. The van der Waals surface area contributed by atoms with Crippen LogP contribution in [-0.2, 0) is 13.1 Å². The SMILES string of the molecule is CCn1nc(C)c(Br)c1CN1C2CCC1CC(O)C2. The van der Waals surface area contributed by atoms with Crippen LogP contribution in [0.3, 0.4) is 0 Å². The molecule has 106 valence electrons. The van der Waals surface area contributed by atoms with Crippen molar-refractivity contribution in [3.8, 4) is 0 Å². The van der Waals surface area contributed by atoms with Crippen molar-refractivity contribution in [1.82, 2.24) is 14.7 Å². The van der Waals surface area contributed by atoms with Gasteiger partial charge in [-0.1, -0.05) is 0 Å². The summed E-state index contributed by atoms with van der Waals surface area (Å²) in [5.41, 5.74) is 2.36. The molecule has 2 saturated heterocycles. The summed E-state index contributed by atoms with van der Waals surface area (Å²) >= 11 is 3.68. The molecule has 2 unspecified atom stereocenters. The van der Waals surface area contributed by atoms with E-state index in [1.165, 1.54) is 18.5 Å². The van der Waals surface area contributed by atoms with E-state index in [2.05, 4.69) is 37.5 Å². The molecule has 1 N–H and O–H groups in total. The van der Waals surface area contributed by atoms with E-state index < -0.39 is 0 Å². The monoisotopic (exact) mass is 327 g/mol. The Kier molecular flexibility index (Phi) is 3.71. The van der Waals surface area contributed by atoms with E-state index in [0.29, 0.717) is 12.1 Å². The highest BCUT2D eigenvalue weighted by Crippen LogP contribution is 2.37. The second kappa shape index (κ2) is 5.19. The highest BCUT2D eigenvalue weighted by atomic mass is 79.9. The van der Waals surface area contributed by atoms with Crippen LogP contribution in [0.5, 0.6) is 0 Å². The minimum absolute atomic E-state index is 0.0880. The number of piperidine rings is 1. The number of fused-ring (bicyclic) bond motifs is 2. The number of aromatic nitrogens is 2. The molecule has 3 heterocycles. The van der Waals surface area contributed by atoms with Crippen LogP contribution in [-0.4, -0.2) is 38.0 Å². The summed E-state index contributed by atoms with van der Waals surface area (Å²) in [6.07, 6.45) is 4.26. The molecule has 1 aromatic heterocycles. The van der Waals surface area contributed by atoms with Crippen LogP contribution in [0.25, 0.3) is 0 Å². The third-order valence-electron chi connectivity index (χ3n) is 4.64. The van der Waals surface area contributed by atoms with Gasteiger partial charge in [0.1, 0.15) is 0 Å². The Morgan fingerprint density at radius 2 is 1.95 bits per heavy atom. The van der Waals surface area contributed by atoms with E-state index in [1.54, 1.807) is 0 Å². The van der Waals surface area contributed by atoms with Crippen molar-refractivity contribution in [2.75, 3.05) is 0 Å². The average molecular weight is 328 g/mol. The first-order chi connectivity index (χ1) is 9.10. The number of aliphatic hydroxyl groups excluding tert-OH is 1. The maximum absolute atomic E-state index is 9.88. The summed E-state index contributed by atoms with van der Waals surface area (Å²) in [6, 6.07) is 1.11. The van der Waals surface area contributed by atoms with E-state index in [-0.39, 0.29) is 6.10 Å². The summed E-state index contributed by atoms with van der Waals surface area (Å²) in [4.78, 5) is 2.58. The summed E-state index contributed by atoms with van der Waals surface area (Å²) in [5, 5.41) is 14.5. The molecule has 0 aliphatic carbocycles. The van der Waals surface area contributed by atoms with Crippen LogP contribution in [0.4, 0.5) is 0 Å². The Balaban J connectivity index is 1.82. The molecule has 2 atom stereocenters. The molecule has 1 aromatic rings. The molecule has 0 spiro atoms. The molecule has 0 saturated carbocycles. The predicted molar refractivity (Wildman–Crippen MR) is 77.9 cm³/mol. The molecule has 5 heteroatoms. The molecule has 4 nitrogen and oxygen atoms in total. The van der Waals surface area contributed by atoms with Crippen molar-refractivity contribution >= 4 is 15.9 Å². The molecular weight excluding hydrogens is 306 g/mol. The van der Waals surface area contributed by atoms with Crippen LogP contribution >= 0.6 is 15.9 Å².